The third-order valence-corrected chi connectivity index (χ3v) is 2.79. The quantitative estimate of drug-likeness (QED) is 0.365. The van der Waals surface area contributed by atoms with Crippen molar-refractivity contribution in [1.29, 1.82) is 0 Å². The minimum atomic E-state index is -5.77. The van der Waals surface area contributed by atoms with Gasteiger partial charge in [0.25, 0.3) is 0 Å². The zero-order chi connectivity index (χ0) is 15.6. The maximum atomic E-state index is 12.0. The molecule has 20 heavy (non-hydrogen) atoms. The first kappa shape index (κ1) is 16.0. The molecular formula is C10H7F3O6S. The van der Waals surface area contributed by atoms with Gasteiger partial charge in [0.1, 0.15) is 5.75 Å². The Kier molecular flexibility index (Phi) is 4.38. The van der Waals surface area contributed by atoms with Gasteiger partial charge < -0.3 is 8.92 Å². The lowest BCUT2D eigenvalue weighted by molar-refractivity contribution is -0.135. The number of halogens is 3. The molecule has 0 radical (unpaired) electrons. The second kappa shape index (κ2) is 5.49. The van der Waals surface area contributed by atoms with Crippen LogP contribution in [-0.4, -0.2) is 25.9 Å². The summed E-state index contributed by atoms with van der Waals surface area (Å²) in [5.41, 5.74) is -5.71. The summed E-state index contributed by atoms with van der Waals surface area (Å²) in [6.07, 6.45) is 0. The smallest absolute Gasteiger partial charge is 0.390 e. The van der Waals surface area contributed by atoms with Crippen molar-refractivity contribution in [2.45, 2.75) is 12.4 Å². The predicted molar refractivity (Wildman–Crippen MR) is 58.1 cm³/mol. The van der Waals surface area contributed by atoms with Gasteiger partial charge in [-0.2, -0.15) is 21.6 Å². The van der Waals surface area contributed by atoms with Crippen LogP contribution in [0.3, 0.4) is 0 Å². The largest absolute Gasteiger partial charge is 0.534 e. The molecule has 0 atom stereocenters. The van der Waals surface area contributed by atoms with E-state index in [2.05, 4.69) is 8.92 Å². The highest BCUT2D eigenvalue weighted by molar-refractivity contribution is 7.87. The van der Waals surface area contributed by atoms with E-state index in [1.807, 2.05) is 0 Å². The normalized spacial score (nSPS) is 11.8. The monoisotopic (exact) mass is 312 g/mol. The van der Waals surface area contributed by atoms with Gasteiger partial charge in [-0.05, 0) is 24.3 Å². The topological polar surface area (TPSA) is 86.7 Å². The van der Waals surface area contributed by atoms with Gasteiger partial charge in [0.05, 0.1) is 5.56 Å². The molecule has 0 saturated carbocycles. The highest BCUT2D eigenvalue weighted by Gasteiger charge is 2.48. The highest BCUT2D eigenvalue weighted by Crippen LogP contribution is 2.27. The predicted octanol–water partition coefficient (Wildman–Crippen LogP) is 1.62. The number of benzene rings is 1. The van der Waals surface area contributed by atoms with E-state index in [4.69, 9.17) is 0 Å². The summed E-state index contributed by atoms with van der Waals surface area (Å²) < 4.78 is 65.6. The Balaban J connectivity index is 2.88. The Labute approximate surface area is 111 Å². The summed E-state index contributed by atoms with van der Waals surface area (Å²) in [4.78, 5) is 21.7. The van der Waals surface area contributed by atoms with Crippen molar-refractivity contribution in [3.63, 3.8) is 0 Å². The molecule has 10 heteroatoms. The summed E-state index contributed by atoms with van der Waals surface area (Å²) >= 11 is 0. The third kappa shape index (κ3) is 3.95. The number of carbonyl (C=O) groups is 2. The first-order valence-corrected chi connectivity index (χ1v) is 6.27. The molecule has 6 nitrogen and oxygen atoms in total. The van der Waals surface area contributed by atoms with E-state index in [0.29, 0.717) is 0 Å². The van der Waals surface area contributed by atoms with Gasteiger partial charge in [0, 0.05) is 6.92 Å². The van der Waals surface area contributed by atoms with Crippen molar-refractivity contribution >= 4 is 22.1 Å². The highest BCUT2D eigenvalue weighted by atomic mass is 32.2. The number of hydrogen-bond donors (Lipinski definition) is 0. The molecule has 0 N–H and O–H groups in total. The molecule has 0 aliphatic carbocycles. The average Bonchev–Trinajstić information content (AvgIpc) is 2.26. The van der Waals surface area contributed by atoms with E-state index >= 15 is 0 Å². The summed E-state index contributed by atoms with van der Waals surface area (Å²) in [5.74, 6) is -2.53. The molecule has 1 aromatic rings. The fourth-order valence-electron chi connectivity index (χ4n) is 1.01. The number of esters is 2. The number of ether oxygens (including phenoxy) is 1. The van der Waals surface area contributed by atoms with Crippen LogP contribution in [0, 0.1) is 0 Å². The summed E-state index contributed by atoms with van der Waals surface area (Å²) in [6, 6.07) is 3.54. The molecule has 0 aromatic heterocycles. The van der Waals surface area contributed by atoms with E-state index in [9.17, 15) is 31.2 Å². The van der Waals surface area contributed by atoms with E-state index in [1.165, 1.54) is 0 Å². The molecule has 0 aliphatic heterocycles. The molecule has 0 amide bonds. The van der Waals surface area contributed by atoms with Crippen LogP contribution in [0.1, 0.15) is 17.3 Å². The molecule has 0 spiro atoms. The molecule has 0 unspecified atom stereocenters. The van der Waals surface area contributed by atoms with Crippen LogP contribution in [0.15, 0.2) is 24.3 Å². The number of hydrogen-bond acceptors (Lipinski definition) is 6. The van der Waals surface area contributed by atoms with Crippen molar-refractivity contribution in [2.75, 3.05) is 0 Å². The van der Waals surface area contributed by atoms with E-state index in [-0.39, 0.29) is 5.56 Å². The summed E-state index contributed by atoms with van der Waals surface area (Å²) in [5, 5.41) is 0. The van der Waals surface area contributed by atoms with Gasteiger partial charge in [-0.15, -0.1) is 0 Å². The Morgan fingerprint density at radius 3 is 2.00 bits per heavy atom. The van der Waals surface area contributed by atoms with Crippen LogP contribution < -0.4 is 4.18 Å². The van der Waals surface area contributed by atoms with Crippen molar-refractivity contribution < 1.29 is 40.1 Å². The maximum absolute atomic E-state index is 12.0. The van der Waals surface area contributed by atoms with Gasteiger partial charge >= 0.3 is 27.6 Å². The molecule has 0 bridgehead atoms. The van der Waals surface area contributed by atoms with Crippen LogP contribution in [0.2, 0.25) is 0 Å². The first-order valence-electron chi connectivity index (χ1n) is 4.86. The molecule has 0 heterocycles. The fraction of sp³-hybridized carbons (Fsp3) is 0.200. The van der Waals surface area contributed by atoms with Gasteiger partial charge in [0.15, 0.2) is 0 Å². The molecule has 1 rings (SSSR count). The van der Waals surface area contributed by atoms with Crippen molar-refractivity contribution in [3.8, 4) is 5.75 Å². The first-order chi connectivity index (χ1) is 9.03. The van der Waals surface area contributed by atoms with E-state index in [1.54, 1.807) is 0 Å². The number of rotatable bonds is 3. The molecule has 0 fully saturated rings. The van der Waals surface area contributed by atoms with Crippen LogP contribution in [0.5, 0.6) is 5.75 Å². The Hall–Kier alpha value is -2.10. The Bertz CT molecular complexity index is 617. The van der Waals surface area contributed by atoms with Crippen molar-refractivity contribution in [2.24, 2.45) is 0 Å². The Morgan fingerprint density at radius 2 is 1.60 bits per heavy atom. The second-order valence-corrected chi connectivity index (χ2v) is 4.93. The van der Waals surface area contributed by atoms with Crippen molar-refractivity contribution in [3.05, 3.63) is 29.8 Å². The number of alkyl halides is 3. The molecule has 0 aliphatic rings. The number of carbonyl (C=O) groups excluding carboxylic acids is 2. The minimum absolute atomic E-state index is 0.156. The second-order valence-electron chi connectivity index (χ2n) is 3.39. The van der Waals surface area contributed by atoms with Crippen LogP contribution >= 0.6 is 0 Å². The standard InChI is InChI=1S/C10H7F3O6S/c1-6(14)18-9(15)7-2-4-8(5-3-7)19-20(16,17)10(11,12)13/h2-5H,1H3. The SMILES string of the molecule is CC(=O)OC(=O)c1ccc(OS(=O)(=O)C(F)(F)F)cc1. The minimum Gasteiger partial charge on any atom is -0.390 e. The fourth-order valence-corrected chi connectivity index (χ4v) is 1.47. The van der Waals surface area contributed by atoms with Gasteiger partial charge in [-0.3, -0.25) is 4.79 Å². The lowest BCUT2D eigenvalue weighted by atomic mass is 10.2. The van der Waals surface area contributed by atoms with Crippen molar-refractivity contribution in [1.82, 2.24) is 0 Å². The maximum Gasteiger partial charge on any atom is 0.534 e. The Morgan fingerprint density at radius 1 is 1.10 bits per heavy atom. The third-order valence-electron chi connectivity index (χ3n) is 1.82. The summed E-state index contributed by atoms with van der Waals surface area (Å²) in [6.45, 7) is 0.991. The van der Waals surface area contributed by atoms with E-state index < -0.39 is 33.3 Å². The summed E-state index contributed by atoms with van der Waals surface area (Å²) in [7, 11) is -5.77. The molecule has 110 valence electrons. The lowest BCUT2D eigenvalue weighted by Crippen LogP contribution is -2.28. The lowest BCUT2D eigenvalue weighted by Gasteiger charge is -2.09. The molecular weight excluding hydrogens is 305 g/mol. The van der Waals surface area contributed by atoms with Gasteiger partial charge in [-0.25, -0.2) is 4.79 Å². The van der Waals surface area contributed by atoms with Crippen LogP contribution in [-0.2, 0) is 19.6 Å². The molecule has 1 aromatic carbocycles. The van der Waals surface area contributed by atoms with Gasteiger partial charge in [0.2, 0.25) is 0 Å². The van der Waals surface area contributed by atoms with Crippen LogP contribution in [0.4, 0.5) is 13.2 Å². The van der Waals surface area contributed by atoms with Gasteiger partial charge in [-0.1, -0.05) is 0 Å². The molecule has 0 saturated heterocycles. The zero-order valence-electron chi connectivity index (χ0n) is 9.80. The zero-order valence-corrected chi connectivity index (χ0v) is 10.6. The van der Waals surface area contributed by atoms with E-state index in [0.717, 1.165) is 31.2 Å². The van der Waals surface area contributed by atoms with Crippen LogP contribution in [0.25, 0.3) is 0 Å². The average molecular weight is 312 g/mol.